The van der Waals surface area contributed by atoms with Gasteiger partial charge in [0.1, 0.15) is 0 Å². The van der Waals surface area contributed by atoms with Crippen LogP contribution in [0.3, 0.4) is 0 Å². The van der Waals surface area contributed by atoms with Gasteiger partial charge in [0, 0.05) is 19.3 Å². The van der Waals surface area contributed by atoms with Gasteiger partial charge in [-0.2, -0.15) is 0 Å². The molecular formula is C14H18N4O. The van der Waals surface area contributed by atoms with Gasteiger partial charge in [0.05, 0.1) is 22.8 Å². The zero-order valence-electron chi connectivity index (χ0n) is 11.2. The molecule has 0 aliphatic heterocycles. The van der Waals surface area contributed by atoms with Gasteiger partial charge in [-0.25, -0.2) is 4.98 Å². The first-order valence-electron chi connectivity index (χ1n) is 6.52. The van der Waals surface area contributed by atoms with Crippen molar-refractivity contribution in [1.82, 2.24) is 15.3 Å². The topological polar surface area (TPSA) is 61.0 Å². The van der Waals surface area contributed by atoms with Gasteiger partial charge in [0.25, 0.3) is 0 Å². The summed E-state index contributed by atoms with van der Waals surface area (Å²) in [5.41, 5.74) is 2.59. The third kappa shape index (κ3) is 2.00. The number of fused-ring (bicyclic) bond motifs is 1. The van der Waals surface area contributed by atoms with Gasteiger partial charge in [-0.1, -0.05) is 0 Å². The van der Waals surface area contributed by atoms with Crippen LogP contribution in [0.15, 0.2) is 24.5 Å². The van der Waals surface area contributed by atoms with Crippen molar-refractivity contribution < 1.29 is 4.79 Å². The highest BCUT2D eigenvalue weighted by molar-refractivity contribution is 6.00. The van der Waals surface area contributed by atoms with E-state index in [9.17, 15) is 4.79 Å². The van der Waals surface area contributed by atoms with Crippen molar-refractivity contribution in [2.24, 2.45) is 5.41 Å². The first kappa shape index (κ1) is 12.2. The summed E-state index contributed by atoms with van der Waals surface area (Å²) in [6.07, 6.45) is 3.62. The molecule has 19 heavy (non-hydrogen) atoms. The average Bonchev–Trinajstić information content (AvgIpc) is 3.05. The van der Waals surface area contributed by atoms with Gasteiger partial charge in [0.2, 0.25) is 5.91 Å². The molecule has 1 aliphatic rings. The monoisotopic (exact) mass is 258 g/mol. The molecule has 0 bridgehead atoms. The molecule has 2 aromatic rings. The molecule has 0 atom stereocenters. The molecule has 2 N–H and O–H groups in total. The lowest BCUT2D eigenvalue weighted by Gasteiger charge is -2.23. The van der Waals surface area contributed by atoms with Crippen LogP contribution < -0.4 is 10.2 Å². The fraction of sp³-hybridized carbons (Fsp3) is 0.429. The van der Waals surface area contributed by atoms with Crippen molar-refractivity contribution in [3.63, 3.8) is 0 Å². The Hall–Kier alpha value is -1.88. The number of hydrogen-bond donors (Lipinski definition) is 2. The zero-order chi connectivity index (χ0) is 13.5. The van der Waals surface area contributed by atoms with Crippen molar-refractivity contribution in [2.45, 2.75) is 12.8 Å². The summed E-state index contributed by atoms with van der Waals surface area (Å²) in [6.45, 7) is 0.752. The molecule has 1 saturated carbocycles. The molecule has 1 fully saturated rings. The largest absolute Gasteiger partial charge is 0.345 e. The summed E-state index contributed by atoms with van der Waals surface area (Å²) in [5.74, 6) is 0.195. The minimum atomic E-state index is -0.188. The Kier molecular flexibility index (Phi) is 2.78. The number of aromatic nitrogens is 2. The number of carbonyl (C=O) groups is 1. The van der Waals surface area contributed by atoms with Gasteiger partial charge >= 0.3 is 0 Å². The molecule has 1 aliphatic carbocycles. The van der Waals surface area contributed by atoms with Crippen LogP contribution >= 0.6 is 0 Å². The molecular weight excluding hydrogens is 240 g/mol. The first-order valence-corrected chi connectivity index (χ1v) is 6.52. The minimum Gasteiger partial charge on any atom is -0.345 e. The Morgan fingerprint density at radius 1 is 1.53 bits per heavy atom. The van der Waals surface area contributed by atoms with E-state index in [4.69, 9.17) is 0 Å². The number of H-pyrrole nitrogens is 1. The van der Waals surface area contributed by atoms with E-state index in [1.54, 1.807) is 11.2 Å². The molecule has 0 radical (unpaired) electrons. The van der Waals surface area contributed by atoms with Gasteiger partial charge in [-0.15, -0.1) is 0 Å². The Morgan fingerprint density at radius 3 is 3.00 bits per heavy atom. The van der Waals surface area contributed by atoms with E-state index in [0.717, 1.165) is 36.1 Å². The summed E-state index contributed by atoms with van der Waals surface area (Å²) >= 11 is 0. The molecule has 0 spiro atoms. The van der Waals surface area contributed by atoms with E-state index in [1.165, 1.54) is 0 Å². The van der Waals surface area contributed by atoms with Crippen LogP contribution in [0.5, 0.6) is 0 Å². The van der Waals surface area contributed by atoms with Gasteiger partial charge in [-0.05, 0) is 38.1 Å². The van der Waals surface area contributed by atoms with Crippen molar-refractivity contribution in [1.29, 1.82) is 0 Å². The standard InChI is InChI=1S/C14H18N4O/c1-15-8-14(5-6-14)13(19)18(2)10-3-4-11-12(7-10)17-9-16-11/h3-4,7,9,15H,5-6,8H2,1-2H3,(H,16,17). The minimum absolute atomic E-state index is 0.188. The molecule has 0 unspecified atom stereocenters. The second-order valence-corrected chi connectivity index (χ2v) is 5.28. The number of nitrogens with one attached hydrogen (secondary N) is 2. The molecule has 1 aromatic heterocycles. The number of hydrogen-bond acceptors (Lipinski definition) is 3. The summed E-state index contributed by atoms with van der Waals surface area (Å²) in [7, 11) is 3.74. The quantitative estimate of drug-likeness (QED) is 0.874. The molecule has 1 aromatic carbocycles. The third-order valence-electron chi connectivity index (χ3n) is 3.92. The van der Waals surface area contributed by atoms with E-state index in [0.29, 0.717) is 0 Å². The third-order valence-corrected chi connectivity index (χ3v) is 3.92. The lowest BCUT2D eigenvalue weighted by molar-refractivity contribution is -0.123. The molecule has 1 amide bonds. The van der Waals surface area contributed by atoms with Crippen LogP contribution in [-0.2, 0) is 4.79 Å². The zero-order valence-corrected chi connectivity index (χ0v) is 11.2. The first-order chi connectivity index (χ1) is 9.16. The van der Waals surface area contributed by atoms with Crippen LogP contribution in [-0.4, -0.2) is 36.5 Å². The Labute approximate surface area is 112 Å². The molecule has 1 heterocycles. The predicted molar refractivity (Wildman–Crippen MR) is 75.1 cm³/mol. The maximum absolute atomic E-state index is 12.6. The summed E-state index contributed by atoms with van der Waals surface area (Å²) in [6, 6.07) is 5.84. The van der Waals surface area contributed by atoms with E-state index >= 15 is 0 Å². The molecule has 3 rings (SSSR count). The van der Waals surface area contributed by atoms with Crippen molar-refractivity contribution in [3.05, 3.63) is 24.5 Å². The fourth-order valence-corrected chi connectivity index (χ4v) is 2.56. The van der Waals surface area contributed by atoms with Crippen LogP contribution in [0.1, 0.15) is 12.8 Å². The Morgan fingerprint density at radius 2 is 2.32 bits per heavy atom. The number of nitrogens with zero attached hydrogens (tertiary/aromatic N) is 2. The summed E-state index contributed by atoms with van der Waals surface area (Å²) in [4.78, 5) is 21.6. The van der Waals surface area contributed by atoms with Gasteiger partial charge < -0.3 is 15.2 Å². The molecule has 0 saturated heterocycles. The number of carbonyl (C=O) groups excluding carboxylic acids is 1. The second-order valence-electron chi connectivity index (χ2n) is 5.28. The van der Waals surface area contributed by atoms with Crippen LogP contribution in [0.2, 0.25) is 0 Å². The highest BCUT2D eigenvalue weighted by Gasteiger charge is 2.50. The van der Waals surface area contributed by atoms with E-state index < -0.39 is 0 Å². The number of aromatic amines is 1. The number of anilines is 1. The Bertz CT molecular complexity index is 615. The summed E-state index contributed by atoms with van der Waals surface area (Å²) in [5, 5.41) is 3.12. The SMILES string of the molecule is CNCC1(C(=O)N(C)c2ccc3nc[nH]c3c2)CC1. The number of benzene rings is 1. The van der Waals surface area contributed by atoms with E-state index in [2.05, 4.69) is 15.3 Å². The number of rotatable bonds is 4. The Balaban J connectivity index is 1.86. The molecule has 5 nitrogen and oxygen atoms in total. The average molecular weight is 258 g/mol. The van der Waals surface area contributed by atoms with Crippen LogP contribution in [0.4, 0.5) is 5.69 Å². The van der Waals surface area contributed by atoms with Crippen molar-refractivity contribution in [2.75, 3.05) is 25.5 Å². The van der Waals surface area contributed by atoms with Gasteiger partial charge in [0.15, 0.2) is 0 Å². The normalized spacial score (nSPS) is 16.5. The van der Waals surface area contributed by atoms with Gasteiger partial charge in [-0.3, -0.25) is 4.79 Å². The summed E-state index contributed by atoms with van der Waals surface area (Å²) < 4.78 is 0. The van der Waals surface area contributed by atoms with Crippen LogP contribution in [0.25, 0.3) is 11.0 Å². The van der Waals surface area contributed by atoms with Crippen molar-refractivity contribution >= 4 is 22.6 Å². The van der Waals surface area contributed by atoms with Crippen molar-refractivity contribution in [3.8, 4) is 0 Å². The van der Waals surface area contributed by atoms with E-state index in [1.807, 2.05) is 32.3 Å². The fourth-order valence-electron chi connectivity index (χ4n) is 2.56. The highest BCUT2D eigenvalue weighted by Crippen LogP contribution is 2.47. The maximum atomic E-state index is 12.6. The predicted octanol–water partition coefficient (Wildman–Crippen LogP) is 1.53. The molecule has 100 valence electrons. The smallest absolute Gasteiger partial charge is 0.234 e. The highest BCUT2D eigenvalue weighted by atomic mass is 16.2. The lowest BCUT2D eigenvalue weighted by atomic mass is 10.1. The number of amides is 1. The second kappa shape index (κ2) is 4.35. The maximum Gasteiger partial charge on any atom is 0.234 e. The number of imidazole rings is 1. The lowest BCUT2D eigenvalue weighted by Crippen LogP contribution is -2.39. The molecule has 5 heteroatoms. The van der Waals surface area contributed by atoms with E-state index in [-0.39, 0.29) is 11.3 Å². The van der Waals surface area contributed by atoms with Crippen LogP contribution in [0, 0.1) is 5.41 Å².